The lowest BCUT2D eigenvalue weighted by Gasteiger charge is -2.28. The van der Waals surface area contributed by atoms with Crippen LogP contribution in [0.15, 0.2) is 6.20 Å². The molecule has 1 fully saturated rings. The predicted molar refractivity (Wildman–Crippen MR) is 93.0 cm³/mol. The van der Waals surface area contributed by atoms with E-state index >= 15 is 0 Å². The van der Waals surface area contributed by atoms with Crippen LogP contribution in [-0.4, -0.2) is 29.0 Å². The first-order valence-electron chi connectivity index (χ1n) is 8.61. The van der Waals surface area contributed by atoms with E-state index in [1.54, 1.807) is 0 Å². The molecular weight excluding hydrogens is 278 g/mol. The molecule has 1 saturated carbocycles. The highest BCUT2D eigenvalue weighted by atomic mass is 32.1. The van der Waals surface area contributed by atoms with Gasteiger partial charge in [-0.05, 0) is 38.1 Å². The summed E-state index contributed by atoms with van der Waals surface area (Å²) < 4.78 is 0. The van der Waals surface area contributed by atoms with Crippen molar-refractivity contribution in [2.75, 3.05) is 18.4 Å². The quantitative estimate of drug-likeness (QED) is 0.713. The number of rotatable bonds is 9. The fourth-order valence-electron chi connectivity index (χ4n) is 2.98. The molecule has 1 aromatic heterocycles. The fraction of sp³-hybridized carbons (Fsp3) is 0.824. The second-order valence-corrected chi connectivity index (χ2v) is 7.76. The number of aromatic nitrogens is 1. The molecule has 0 aliphatic heterocycles. The molecule has 0 amide bonds. The van der Waals surface area contributed by atoms with Crippen LogP contribution >= 0.6 is 11.3 Å². The summed E-state index contributed by atoms with van der Waals surface area (Å²) in [6.45, 7) is 10.2. The molecule has 1 aliphatic rings. The Labute approximate surface area is 134 Å². The molecule has 4 heteroatoms. The van der Waals surface area contributed by atoms with Gasteiger partial charge in [0.2, 0.25) is 0 Å². The van der Waals surface area contributed by atoms with Crippen LogP contribution in [0.5, 0.6) is 0 Å². The summed E-state index contributed by atoms with van der Waals surface area (Å²) in [5, 5.41) is 4.48. The van der Waals surface area contributed by atoms with Crippen molar-refractivity contribution in [2.45, 2.75) is 71.9 Å². The van der Waals surface area contributed by atoms with Crippen molar-refractivity contribution >= 4 is 16.5 Å². The van der Waals surface area contributed by atoms with Crippen molar-refractivity contribution in [1.82, 2.24) is 9.88 Å². The third-order valence-electron chi connectivity index (χ3n) is 4.27. The summed E-state index contributed by atoms with van der Waals surface area (Å²) in [7, 11) is 0. The Kier molecular flexibility index (Phi) is 6.97. The Morgan fingerprint density at radius 2 is 2.14 bits per heavy atom. The smallest absolute Gasteiger partial charge is 0.182 e. The van der Waals surface area contributed by atoms with E-state index in [9.17, 15) is 0 Å². The highest BCUT2D eigenvalue weighted by molar-refractivity contribution is 7.15. The van der Waals surface area contributed by atoms with Gasteiger partial charge in [-0.25, -0.2) is 4.98 Å². The molecule has 120 valence electrons. The number of thiazole rings is 1. The molecule has 2 rings (SSSR count). The first-order chi connectivity index (χ1) is 10.2. The van der Waals surface area contributed by atoms with Gasteiger partial charge < -0.3 is 5.32 Å². The van der Waals surface area contributed by atoms with Gasteiger partial charge in [-0.1, -0.05) is 33.6 Å². The lowest BCUT2D eigenvalue weighted by molar-refractivity contribution is 0.181. The molecule has 0 aromatic carbocycles. The molecule has 3 nitrogen and oxygen atoms in total. The van der Waals surface area contributed by atoms with Crippen LogP contribution in [0.1, 0.15) is 64.2 Å². The van der Waals surface area contributed by atoms with Crippen molar-refractivity contribution in [3.63, 3.8) is 0 Å². The van der Waals surface area contributed by atoms with E-state index in [1.165, 1.54) is 43.5 Å². The number of anilines is 1. The second-order valence-electron chi connectivity index (χ2n) is 6.65. The number of nitrogens with one attached hydrogen (secondary N) is 1. The van der Waals surface area contributed by atoms with Gasteiger partial charge in [0.15, 0.2) is 5.13 Å². The summed E-state index contributed by atoms with van der Waals surface area (Å²) in [6.07, 6.45) is 10.1. The largest absolute Gasteiger partial charge is 0.362 e. The third kappa shape index (κ3) is 5.59. The third-order valence-corrected chi connectivity index (χ3v) is 5.21. The van der Waals surface area contributed by atoms with Gasteiger partial charge in [0.05, 0.1) is 0 Å². The highest BCUT2D eigenvalue weighted by Crippen LogP contribution is 2.27. The molecule has 1 aromatic rings. The molecule has 0 atom stereocenters. The van der Waals surface area contributed by atoms with Crippen LogP contribution in [0.4, 0.5) is 5.13 Å². The summed E-state index contributed by atoms with van der Waals surface area (Å²) >= 11 is 1.83. The molecule has 0 unspecified atom stereocenters. The lowest BCUT2D eigenvalue weighted by atomic mass is 10.1. The van der Waals surface area contributed by atoms with E-state index < -0.39 is 0 Å². The molecule has 0 radical (unpaired) electrons. The normalized spacial score (nSPS) is 16.2. The Morgan fingerprint density at radius 3 is 2.81 bits per heavy atom. The molecule has 1 heterocycles. The maximum absolute atomic E-state index is 4.51. The number of hydrogen-bond acceptors (Lipinski definition) is 4. The van der Waals surface area contributed by atoms with Crippen LogP contribution in [0.3, 0.4) is 0 Å². The minimum atomic E-state index is 0.789. The zero-order valence-corrected chi connectivity index (χ0v) is 14.7. The zero-order valence-electron chi connectivity index (χ0n) is 13.9. The Hall–Kier alpha value is -0.610. The summed E-state index contributed by atoms with van der Waals surface area (Å²) in [4.78, 5) is 8.63. The van der Waals surface area contributed by atoms with Crippen molar-refractivity contribution in [1.29, 1.82) is 0 Å². The maximum atomic E-state index is 4.51. The minimum Gasteiger partial charge on any atom is -0.362 e. The average Bonchev–Trinajstić information content (AvgIpc) is 3.12. The van der Waals surface area contributed by atoms with Crippen LogP contribution in [0.25, 0.3) is 0 Å². The first kappa shape index (κ1) is 16.8. The number of nitrogens with zero attached hydrogens (tertiary/aromatic N) is 2. The van der Waals surface area contributed by atoms with Crippen LogP contribution in [0, 0.1) is 5.92 Å². The fourth-order valence-corrected chi connectivity index (χ4v) is 3.84. The lowest BCUT2D eigenvalue weighted by Crippen LogP contribution is -2.33. The van der Waals surface area contributed by atoms with E-state index in [4.69, 9.17) is 0 Å². The predicted octanol–water partition coefficient (Wildman–Crippen LogP) is 4.76. The summed E-state index contributed by atoms with van der Waals surface area (Å²) in [5.41, 5.74) is 0. The van der Waals surface area contributed by atoms with Crippen molar-refractivity contribution in [3.8, 4) is 0 Å². The van der Waals surface area contributed by atoms with Crippen molar-refractivity contribution < 1.29 is 0 Å². The van der Waals surface area contributed by atoms with E-state index in [0.717, 1.165) is 36.6 Å². The SMILES string of the molecule is CCCNc1ncc(CN(CCC(C)C)C2CCCC2)s1. The molecule has 0 saturated heterocycles. The summed E-state index contributed by atoms with van der Waals surface area (Å²) in [6, 6.07) is 0.804. The van der Waals surface area contributed by atoms with Gasteiger partial charge in [-0.15, -0.1) is 11.3 Å². The summed E-state index contributed by atoms with van der Waals surface area (Å²) in [5.74, 6) is 0.789. The van der Waals surface area contributed by atoms with Gasteiger partial charge in [0, 0.05) is 30.2 Å². The van der Waals surface area contributed by atoms with E-state index in [-0.39, 0.29) is 0 Å². The molecule has 1 N–H and O–H groups in total. The van der Waals surface area contributed by atoms with E-state index in [2.05, 4.69) is 42.2 Å². The van der Waals surface area contributed by atoms with Gasteiger partial charge >= 0.3 is 0 Å². The number of hydrogen-bond donors (Lipinski definition) is 1. The monoisotopic (exact) mass is 309 g/mol. The molecule has 1 aliphatic carbocycles. The van der Waals surface area contributed by atoms with Gasteiger partial charge in [0.1, 0.15) is 0 Å². The van der Waals surface area contributed by atoms with Crippen molar-refractivity contribution in [3.05, 3.63) is 11.1 Å². The Morgan fingerprint density at radius 1 is 1.38 bits per heavy atom. The minimum absolute atomic E-state index is 0.789. The maximum Gasteiger partial charge on any atom is 0.182 e. The first-order valence-corrected chi connectivity index (χ1v) is 9.43. The Bertz CT molecular complexity index is 396. The van der Waals surface area contributed by atoms with E-state index in [1.807, 2.05) is 11.3 Å². The average molecular weight is 310 g/mol. The van der Waals surface area contributed by atoms with Crippen LogP contribution in [-0.2, 0) is 6.54 Å². The highest BCUT2D eigenvalue weighted by Gasteiger charge is 2.23. The van der Waals surface area contributed by atoms with Gasteiger partial charge in [-0.3, -0.25) is 4.90 Å². The van der Waals surface area contributed by atoms with Crippen LogP contribution < -0.4 is 5.32 Å². The molecular formula is C17H31N3S. The van der Waals surface area contributed by atoms with Crippen molar-refractivity contribution in [2.24, 2.45) is 5.92 Å². The van der Waals surface area contributed by atoms with Gasteiger partial charge in [0.25, 0.3) is 0 Å². The molecule has 0 spiro atoms. The Balaban J connectivity index is 1.91. The molecule has 0 bridgehead atoms. The standard InChI is InChI=1S/C17H31N3S/c1-4-10-18-17-19-12-16(21-17)13-20(11-9-14(2)3)15-7-5-6-8-15/h12,14-15H,4-11,13H2,1-3H3,(H,18,19). The van der Waals surface area contributed by atoms with E-state index in [0.29, 0.717) is 0 Å². The second kappa shape index (κ2) is 8.74. The van der Waals surface area contributed by atoms with Gasteiger partial charge in [-0.2, -0.15) is 0 Å². The van der Waals surface area contributed by atoms with Crippen LogP contribution in [0.2, 0.25) is 0 Å². The zero-order chi connectivity index (χ0) is 15.1. The molecule has 21 heavy (non-hydrogen) atoms. The topological polar surface area (TPSA) is 28.2 Å².